The van der Waals surface area contributed by atoms with Crippen LogP contribution < -0.4 is 4.74 Å². The zero-order chi connectivity index (χ0) is 14.9. The van der Waals surface area contributed by atoms with Gasteiger partial charge in [-0.15, -0.1) is 0 Å². The van der Waals surface area contributed by atoms with Gasteiger partial charge in [0.25, 0.3) is 0 Å². The molecule has 2 heterocycles. The zero-order valence-electron chi connectivity index (χ0n) is 11.2. The standard InChI is InChI=1S/C12H13Cl2N3O3/c1-4-6(2)8-9(13)16-11-7(20-12(18)19-3)5-15-17(11)10(8)14/h5-6H,4H2,1-3H3. The fraction of sp³-hybridized carbons (Fsp3) is 0.417. The van der Waals surface area contributed by atoms with Gasteiger partial charge in [0.15, 0.2) is 5.75 Å². The van der Waals surface area contributed by atoms with E-state index >= 15 is 0 Å². The second kappa shape index (κ2) is 5.85. The number of nitrogens with zero attached hydrogens (tertiary/aromatic N) is 3. The molecule has 0 amide bonds. The molecule has 0 saturated heterocycles. The summed E-state index contributed by atoms with van der Waals surface area (Å²) >= 11 is 12.5. The van der Waals surface area contributed by atoms with Gasteiger partial charge in [0.05, 0.1) is 13.3 Å². The number of fused-ring (bicyclic) bond motifs is 1. The van der Waals surface area contributed by atoms with Crippen molar-refractivity contribution >= 4 is 35.0 Å². The van der Waals surface area contributed by atoms with Crippen LogP contribution in [0.15, 0.2) is 6.20 Å². The van der Waals surface area contributed by atoms with Crippen LogP contribution >= 0.6 is 23.2 Å². The molecule has 8 heteroatoms. The van der Waals surface area contributed by atoms with Gasteiger partial charge in [-0.25, -0.2) is 9.78 Å². The maximum absolute atomic E-state index is 11.1. The van der Waals surface area contributed by atoms with Gasteiger partial charge < -0.3 is 9.47 Å². The van der Waals surface area contributed by atoms with Crippen LogP contribution in [0.3, 0.4) is 0 Å². The van der Waals surface area contributed by atoms with Crippen LogP contribution in [0.2, 0.25) is 10.3 Å². The predicted molar refractivity (Wildman–Crippen MR) is 74.7 cm³/mol. The van der Waals surface area contributed by atoms with Gasteiger partial charge in [0, 0.05) is 5.56 Å². The molecule has 2 aromatic heterocycles. The van der Waals surface area contributed by atoms with E-state index in [0.717, 1.165) is 12.0 Å². The van der Waals surface area contributed by atoms with E-state index in [9.17, 15) is 4.79 Å². The molecule has 0 radical (unpaired) electrons. The number of aromatic nitrogens is 3. The van der Waals surface area contributed by atoms with Crippen LogP contribution in [0.5, 0.6) is 5.75 Å². The van der Waals surface area contributed by atoms with E-state index in [1.54, 1.807) is 0 Å². The maximum atomic E-state index is 11.1. The Morgan fingerprint density at radius 1 is 1.50 bits per heavy atom. The number of hydrogen-bond donors (Lipinski definition) is 0. The zero-order valence-corrected chi connectivity index (χ0v) is 12.7. The molecule has 0 spiro atoms. The van der Waals surface area contributed by atoms with Gasteiger partial charge in [-0.3, -0.25) is 0 Å². The van der Waals surface area contributed by atoms with Crippen LogP contribution in [0, 0.1) is 0 Å². The summed E-state index contributed by atoms with van der Waals surface area (Å²) in [6.07, 6.45) is 1.33. The first-order valence-corrected chi connectivity index (χ1v) is 6.73. The number of halogens is 2. The summed E-state index contributed by atoms with van der Waals surface area (Å²) in [6.45, 7) is 4.02. The molecule has 0 N–H and O–H groups in total. The smallest absolute Gasteiger partial charge is 0.437 e. The summed E-state index contributed by atoms with van der Waals surface area (Å²) in [5.74, 6) is 0.275. The highest BCUT2D eigenvalue weighted by atomic mass is 35.5. The first-order valence-electron chi connectivity index (χ1n) is 5.98. The molecule has 1 atom stereocenters. The Kier molecular flexibility index (Phi) is 4.35. The van der Waals surface area contributed by atoms with Crippen molar-refractivity contribution in [2.75, 3.05) is 7.11 Å². The summed E-state index contributed by atoms with van der Waals surface area (Å²) in [5.41, 5.74) is 0.980. The van der Waals surface area contributed by atoms with E-state index in [1.807, 2.05) is 13.8 Å². The molecule has 0 aromatic carbocycles. The molecule has 1 unspecified atom stereocenters. The van der Waals surface area contributed by atoms with Gasteiger partial charge in [-0.05, 0) is 12.3 Å². The van der Waals surface area contributed by atoms with Crippen molar-refractivity contribution in [3.63, 3.8) is 0 Å². The number of ether oxygens (including phenoxy) is 2. The molecule has 20 heavy (non-hydrogen) atoms. The van der Waals surface area contributed by atoms with E-state index < -0.39 is 6.16 Å². The van der Waals surface area contributed by atoms with E-state index in [-0.39, 0.29) is 22.5 Å². The minimum atomic E-state index is -0.861. The van der Waals surface area contributed by atoms with Crippen LogP contribution in [-0.4, -0.2) is 27.9 Å². The molecule has 2 rings (SSSR count). The molecule has 0 fully saturated rings. The molecule has 6 nitrogen and oxygen atoms in total. The lowest BCUT2D eigenvalue weighted by atomic mass is 10.0. The summed E-state index contributed by atoms with van der Waals surface area (Å²) in [7, 11) is 1.21. The van der Waals surface area contributed by atoms with Gasteiger partial charge >= 0.3 is 6.16 Å². The Morgan fingerprint density at radius 2 is 2.20 bits per heavy atom. The van der Waals surface area contributed by atoms with Gasteiger partial charge in [0.1, 0.15) is 10.3 Å². The number of carbonyl (C=O) groups excluding carboxylic acids is 1. The van der Waals surface area contributed by atoms with E-state index in [2.05, 4.69) is 14.8 Å². The molecule has 108 valence electrons. The summed E-state index contributed by atoms with van der Waals surface area (Å²) in [6, 6.07) is 0. The minimum absolute atomic E-state index is 0.136. The van der Waals surface area contributed by atoms with Crippen molar-refractivity contribution in [2.45, 2.75) is 26.2 Å². The largest absolute Gasteiger partial charge is 0.513 e. The van der Waals surface area contributed by atoms with Crippen molar-refractivity contribution in [3.05, 3.63) is 22.1 Å². The second-order valence-electron chi connectivity index (χ2n) is 4.22. The maximum Gasteiger partial charge on any atom is 0.513 e. The quantitative estimate of drug-likeness (QED) is 0.638. The molecule has 0 aliphatic heterocycles. The normalized spacial score (nSPS) is 12.4. The molecule has 0 aliphatic rings. The lowest BCUT2D eigenvalue weighted by molar-refractivity contribution is 0.122. The van der Waals surface area contributed by atoms with Crippen LogP contribution in [0.4, 0.5) is 4.79 Å². The molecule has 2 aromatic rings. The summed E-state index contributed by atoms with van der Waals surface area (Å²) in [5, 5.41) is 4.68. The molecular formula is C12H13Cl2N3O3. The molecule has 0 saturated carbocycles. The lowest BCUT2D eigenvalue weighted by Gasteiger charge is -2.13. The Hall–Kier alpha value is -1.53. The monoisotopic (exact) mass is 317 g/mol. The highest BCUT2D eigenvalue weighted by Gasteiger charge is 2.21. The van der Waals surface area contributed by atoms with Crippen molar-refractivity contribution in [1.29, 1.82) is 0 Å². The van der Waals surface area contributed by atoms with E-state index in [0.29, 0.717) is 5.15 Å². The Balaban J connectivity index is 2.57. The Bertz CT molecular complexity index is 657. The third-order valence-electron chi connectivity index (χ3n) is 3.01. The summed E-state index contributed by atoms with van der Waals surface area (Å²) in [4.78, 5) is 15.3. The van der Waals surface area contributed by atoms with Crippen LogP contribution in [0.1, 0.15) is 31.7 Å². The predicted octanol–water partition coefficient (Wildman–Crippen LogP) is 3.69. The van der Waals surface area contributed by atoms with E-state index in [4.69, 9.17) is 27.9 Å². The highest BCUT2D eigenvalue weighted by Crippen LogP contribution is 2.34. The Morgan fingerprint density at radius 3 is 2.80 bits per heavy atom. The second-order valence-corrected chi connectivity index (χ2v) is 4.93. The summed E-state index contributed by atoms with van der Waals surface area (Å²) < 4.78 is 10.7. The van der Waals surface area contributed by atoms with Crippen molar-refractivity contribution in [1.82, 2.24) is 14.6 Å². The number of carbonyl (C=O) groups is 1. The minimum Gasteiger partial charge on any atom is -0.437 e. The topological polar surface area (TPSA) is 65.7 Å². The van der Waals surface area contributed by atoms with Crippen molar-refractivity contribution in [2.24, 2.45) is 0 Å². The van der Waals surface area contributed by atoms with Gasteiger partial charge in [-0.1, -0.05) is 37.0 Å². The van der Waals surface area contributed by atoms with Crippen molar-refractivity contribution in [3.8, 4) is 5.75 Å². The fourth-order valence-corrected chi connectivity index (χ4v) is 2.54. The number of hydrogen-bond acceptors (Lipinski definition) is 5. The van der Waals surface area contributed by atoms with Crippen molar-refractivity contribution < 1.29 is 14.3 Å². The number of rotatable bonds is 3. The highest BCUT2D eigenvalue weighted by molar-refractivity contribution is 6.35. The fourth-order valence-electron chi connectivity index (χ4n) is 1.74. The third-order valence-corrected chi connectivity index (χ3v) is 3.66. The average Bonchev–Trinajstić information content (AvgIpc) is 2.81. The SMILES string of the molecule is CCC(C)c1c(Cl)nc2c(OC(=O)OC)cnn2c1Cl. The van der Waals surface area contributed by atoms with Crippen LogP contribution in [0.25, 0.3) is 5.65 Å². The van der Waals surface area contributed by atoms with Gasteiger partial charge in [0.2, 0.25) is 5.65 Å². The first kappa shape index (κ1) is 14.9. The first-order chi connectivity index (χ1) is 9.49. The third kappa shape index (κ3) is 2.53. The molecular weight excluding hydrogens is 305 g/mol. The van der Waals surface area contributed by atoms with Crippen LogP contribution in [-0.2, 0) is 4.74 Å². The number of methoxy groups -OCH3 is 1. The van der Waals surface area contributed by atoms with Gasteiger partial charge in [-0.2, -0.15) is 9.61 Å². The average molecular weight is 318 g/mol. The van der Waals surface area contributed by atoms with E-state index in [1.165, 1.54) is 17.8 Å². The molecule has 0 bridgehead atoms. The molecule has 0 aliphatic carbocycles. The lowest BCUT2D eigenvalue weighted by Crippen LogP contribution is -2.08. The Labute approximate surface area is 125 Å².